The van der Waals surface area contributed by atoms with Gasteiger partial charge in [-0.1, -0.05) is 17.7 Å². The fourth-order valence-corrected chi connectivity index (χ4v) is 1.70. The van der Waals surface area contributed by atoms with Gasteiger partial charge in [0.05, 0.1) is 10.6 Å². The van der Waals surface area contributed by atoms with Crippen LogP contribution in [-0.2, 0) is 6.18 Å². The second-order valence-corrected chi connectivity index (χ2v) is 3.34. The van der Waals surface area contributed by atoms with Crippen LogP contribution in [0, 0.1) is 13.8 Å². The van der Waals surface area contributed by atoms with E-state index in [2.05, 4.69) is 0 Å². The van der Waals surface area contributed by atoms with E-state index >= 15 is 0 Å². The van der Waals surface area contributed by atoms with Crippen molar-refractivity contribution in [3.05, 3.63) is 33.8 Å². The van der Waals surface area contributed by atoms with Crippen LogP contribution in [0.1, 0.15) is 16.7 Å². The molecule has 0 N–H and O–H groups in total. The third kappa shape index (κ3) is 2.15. The zero-order valence-corrected chi connectivity index (χ0v) is 7.92. The molecule has 0 fully saturated rings. The molecule has 0 atom stereocenters. The van der Waals surface area contributed by atoms with Crippen molar-refractivity contribution in [3.63, 3.8) is 0 Å². The van der Waals surface area contributed by atoms with Crippen LogP contribution in [-0.4, -0.2) is 0 Å². The molecule has 0 saturated carbocycles. The largest absolute Gasteiger partial charge is 0.418 e. The minimum atomic E-state index is -4.37. The Balaban J connectivity index is 3.38. The summed E-state index contributed by atoms with van der Waals surface area (Å²) in [4.78, 5) is 0. The van der Waals surface area contributed by atoms with E-state index in [-0.39, 0.29) is 10.6 Å². The van der Waals surface area contributed by atoms with Crippen molar-refractivity contribution in [1.82, 2.24) is 0 Å². The summed E-state index contributed by atoms with van der Waals surface area (Å²) in [6.45, 7) is 3.11. The smallest absolute Gasteiger partial charge is 0.166 e. The molecule has 0 aromatic heterocycles. The highest BCUT2D eigenvalue weighted by atomic mass is 35.5. The average Bonchev–Trinajstić information content (AvgIpc) is 1.78. The van der Waals surface area contributed by atoms with Crippen molar-refractivity contribution < 1.29 is 13.2 Å². The number of hydrogen-bond acceptors (Lipinski definition) is 0. The van der Waals surface area contributed by atoms with Crippen LogP contribution < -0.4 is 0 Å². The Morgan fingerprint density at radius 2 is 1.69 bits per heavy atom. The van der Waals surface area contributed by atoms with Gasteiger partial charge in [-0.25, -0.2) is 0 Å². The molecule has 72 valence electrons. The summed E-state index contributed by atoms with van der Waals surface area (Å²) in [5, 5.41) is -0.231. The van der Waals surface area contributed by atoms with E-state index in [0.717, 1.165) is 5.56 Å². The van der Waals surface area contributed by atoms with Crippen LogP contribution >= 0.6 is 11.6 Å². The van der Waals surface area contributed by atoms with E-state index in [1.807, 2.05) is 0 Å². The molecule has 0 spiro atoms. The van der Waals surface area contributed by atoms with Crippen LogP contribution in [0.4, 0.5) is 13.2 Å². The van der Waals surface area contributed by atoms with Gasteiger partial charge in [0, 0.05) is 0 Å². The molecule has 1 aromatic carbocycles. The number of halogens is 4. The molecule has 0 aliphatic rings. The lowest BCUT2D eigenvalue weighted by Crippen LogP contribution is -2.08. The van der Waals surface area contributed by atoms with Gasteiger partial charge in [0.15, 0.2) is 0 Å². The van der Waals surface area contributed by atoms with Crippen LogP contribution in [0.2, 0.25) is 5.02 Å². The van der Waals surface area contributed by atoms with Crippen molar-refractivity contribution in [2.45, 2.75) is 20.0 Å². The highest BCUT2D eigenvalue weighted by Crippen LogP contribution is 2.37. The first kappa shape index (κ1) is 10.4. The van der Waals surface area contributed by atoms with E-state index in [4.69, 9.17) is 11.6 Å². The molecular formula is C9H8ClF3. The number of rotatable bonds is 0. The van der Waals surface area contributed by atoms with Crippen molar-refractivity contribution >= 4 is 11.6 Å². The zero-order valence-electron chi connectivity index (χ0n) is 7.17. The maximum absolute atomic E-state index is 12.4. The molecule has 1 rings (SSSR count). The maximum atomic E-state index is 12.4. The van der Waals surface area contributed by atoms with E-state index in [9.17, 15) is 13.2 Å². The fraction of sp³-hybridized carbons (Fsp3) is 0.333. The minimum Gasteiger partial charge on any atom is -0.166 e. The molecular weight excluding hydrogens is 201 g/mol. The quantitative estimate of drug-likeness (QED) is 0.605. The third-order valence-electron chi connectivity index (χ3n) is 1.72. The van der Waals surface area contributed by atoms with Gasteiger partial charge < -0.3 is 0 Å². The number of alkyl halides is 3. The Bertz CT molecular complexity index is 305. The summed E-state index contributed by atoms with van der Waals surface area (Å²) < 4.78 is 37.1. The van der Waals surface area contributed by atoms with Gasteiger partial charge in [0.2, 0.25) is 0 Å². The summed E-state index contributed by atoms with van der Waals surface area (Å²) in [7, 11) is 0. The minimum absolute atomic E-state index is 0.164. The molecule has 0 unspecified atom stereocenters. The van der Waals surface area contributed by atoms with Gasteiger partial charge in [-0.3, -0.25) is 0 Å². The Labute approximate surface area is 79.3 Å². The maximum Gasteiger partial charge on any atom is 0.418 e. The summed E-state index contributed by atoms with van der Waals surface area (Å²) in [6, 6.07) is 2.78. The Morgan fingerprint density at radius 3 is 2.08 bits per heavy atom. The molecule has 0 radical (unpaired) electrons. The summed E-state index contributed by atoms with van der Waals surface area (Å²) >= 11 is 5.50. The van der Waals surface area contributed by atoms with E-state index < -0.39 is 11.7 Å². The van der Waals surface area contributed by atoms with Crippen LogP contribution in [0.5, 0.6) is 0 Å². The number of benzene rings is 1. The number of hydrogen-bond donors (Lipinski definition) is 0. The fourth-order valence-electron chi connectivity index (χ4n) is 1.27. The first-order valence-corrected chi connectivity index (χ1v) is 4.04. The molecule has 0 bridgehead atoms. The Morgan fingerprint density at radius 1 is 1.15 bits per heavy atom. The second kappa shape index (κ2) is 3.22. The molecule has 0 nitrogen and oxygen atoms in total. The Hall–Kier alpha value is -0.700. The zero-order chi connectivity index (χ0) is 10.2. The normalized spacial score (nSPS) is 11.8. The van der Waals surface area contributed by atoms with Gasteiger partial charge in [0.25, 0.3) is 0 Å². The summed E-state index contributed by atoms with van der Waals surface area (Å²) in [5.74, 6) is 0. The third-order valence-corrected chi connectivity index (χ3v) is 2.01. The molecule has 0 aliphatic carbocycles. The monoisotopic (exact) mass is 208 g/mol. The van der Waals surface area contributed by atoms with Gasteiger partial charge in [-0.05, 0) is 31.0 Å². The van der Waals surface area contributed by atoms with Gasteiger partial charge in [-0.2, -0.15) is 13.2 Å². The molecule has 0 aliphatic heterocycles. The first-order valence-electron chi connectivity index (χ1n) is 3.66. The van der Waals surface area contributed by atoms with Gasteiger partial charge in [-0.15, -0.1) is 0 Å². The topological polar surface area (TPSA) is 0 Å². The first-order chi connectivity index (χ1) is 5.82. The van der Waals surface area contributed by atoms with Crippen LogP contribution in [0.3, 0.4) is 0 Å². The second-order valence-electron chi connectivity index (χ2n) is 2.94. The summed E-state index contributed by atoms with van der Waals surface area (Å²) in [6.07, 6.45) is -4.37. The van der Waals surface area contributed by atoms with E-state index in [0.29, 0.717) is 0 Å². The van der Waals surface area contributed by atoms with Gasteiger partial charge >= 0.3 is 6.18 Å². The van der Waals surface area contributed by atoms with Crippen LogP contribution in [0.25, 0.3) is 0 Å². The highest BCUT2D eigenvalue weighted by molar-refractivity contribution is 6.31. The van der Waals surface area contributed by atoms with Crippen molar-refractivity contribution in [2.75, 3.05) is 0 Å². The highest BCUT2D eigenvalue weighted by Gasteiger charge is 2.34. The van der Waals surface area contributed by atoms with Crippen molar-refractivity contribution in [1.29, 1.82) is 0 Å². The molecule has 4 heteroatoms. The predicted molar refractivity (Wildman–Crippen MR) is 45.9 cm³/mol. The van der Waals surface area contributed by atoms with Gasteiger partial charge in [0.1, 0.15) is 0 Å². The summed E-state index contributed by atoms with van der Waals surface area (Å²) in [5.41, 5.74) is 0.160. The molecule has 1 aromatic rings. The lowest BCUT2D eigenvalue weighted by atomic mass is 10.1. The lowest BCUT2D eigenvalue weighted by Gasteiger charge is -2.12. The standard InChI is InChI=1S/C9H8ClF3/c1-5-3-6(2)8(7(10)4-5)9(11,12)13/h3-4H,1-2H3. The van der Waals surface area contributed by atoms with E-state index in [1.165, 1.54) is 19.1 Å². The lowest BCUT2D eigenvalue weighted by molar-refractivity contribution is -0.137. The Kier molecular flexibility index (Phi) is 2.57. The van der Waals surface area contributed by atoms with Crippen molar-refractivity contribution in [3.8, 4) is 0 Å². The average molecular weight is 209 g/mol. The molecule has 0 heterocycles. The molecule has 13 heavy (non-hydrogen) atoms. The molecule has 0 saturated heterocycles. The van der Waals surface area contributed by atoms with Crippen LogP contribution in [0.15, 0.2) is 12.1 Å². The number of aryl methyl sites for hydroxylation is 2. The van der Waals surface area contributed by atoms with Crippen molar-refractivity contribution in [2.24, 2.45) is 0 Å². The van der Waals surface area contributed by atoms with E-state index in [1.54, 1.807) is 6.92 Å². The predicted octanol–water partition coefficient (Wildman–Crippen LogP) is 3.98. The molecule has 0 amide bonds. The SMILES string of the molecule is Cc1cc(C)c(C(F)(F)F)c(Cl)c1.